The Morgan fingerprint density at radius 2 is 1.97 bits per heavy atom. The minimum atomic E-state index is -1.08. The van der Waals surface area contributed by atoms with Crippen LogP contribution in [-0.2, 0) is 20.7 Å². The zero-order valence-electron chi connectivity index (χ0n) is 20.6. The van der Waals surface area contributed by atoms with Gasteiger partial charge in [-0.25, -0.2) is 9.78 Å². The van der Waals surface area contributed by atoms with Crippen LogP contribution < -0.4 is 9.64 Å². The van der Waals surface area contributed by atoms with Crippen LogP contribution in [0.3, 0.4) is 0 Å². The minimum Gasteiger partial charge on any atom is -0.507 e. The summed E-state index contributed by atoms with van der Waals surface area (Å²) in [5.74, 6) is -2.01. The largest absolute Gasteiger partial charge is 0.507 e. The molecule has 1 aromatic heterocycles. The number of thiazole rings is 1. The second kappa shape index (κ2) is 10.1. The number of esters is 1. The molecule has 1 N–H and O–H groups in total. The Bertz CT molecular complexity index is 1530. The maximum Gasteiger partial charge on any atom is 0.350 e. The molecule has 0 spiro atoms. The van der Waals surface area contributed by atoms with Crippen LogP contribution in [0.4, 0.5) is 5.13 Å². The van der Waals surface area contributed by atoms with Gasteiger partial charge in [0.2, 0.25) is 0 Å². The lowest BCUT2D eigenvalue weighted by atomic mass is 9.94. The van der Waals surface area contributed by atoms with Gasteiger partial charge in [0.25, 0.3) is 5.78 Å². The van der Waals surface area contributed by atoms with Gasteiger partial charge in [0.05, 0.1) is 34.0 Å². The number of anilines is 1. The van der Waals surface area contributed by atoms with Crippen LogP contribution in [-0.4, -0.2) is 40.5 Å². The number of carbonyl (C=O) groups is 3. The molecule has 0 bridgehead atoms. The summed E-state index contributed by atoms with van der Waals surface area (Å²) in [7, 11) is 0. The first kappa shape index (κ1) is 26.2. The number of aliphatic hydroxyl groups is 1. The van der Waals surface area contributed by atoms with Gasteiger partial charge in [0.1, 0.15) is 22.5 Å². The van der Waals surface area contributed by atoms with E-state index in [9.17, 15) is 19.5 Å². The number of hydrogen-bond acceptors (Lipinski definition) is 8. The van der Waals surface area contributed by atoms with Crippen molar-refractivity contribution in [2.45, 2.75) is 39.3 Å². The second-order valence-electron chi connectivity index (χ2n) is 8.93. The Morgan fingerprint density at radius 3 is 2.68 bits per heavy atom. The molecule has 1 saturated heterocycles. The average molecular weight is 573 g/mol. The van der Waals surface area contributed by atoms with Crippen LogP contribution in [0.15, 0.2) is 42.0 Å². The number of aliphatic hydroxyl groups excluding tert-OH is 1. The molecule has 2 unspecified atom stereocenters. The first-order chi connectivity index (χ1) is 18.1. The van der Waals surface area contributed by atoms with Gasteiger partial charge in [-0.3, -0.25) is 14.5 Å². The fourth-order valence-electron chi connectivity index (χ4n) is 4.62. The van der Waals surface area contributed by atoms with Gasteiger partial charge >= 0.3 is 11.9 Å². The predicted octanol–water partition coefficient (Wildman–Crippen LogP) is 5.88. The van der Waals surface area contributed by atoms with Crippen molar-refractivity contribution in [1.82, 2.24) is 4.98 Å². The van der Waals surface area contributed by atoms with Gasteiger partial charge in [0, 0.05) is 12.0 Å². The predicted molar refractivity (Wildman–Crippen MR) is 144 cm³/mol. The lowest BCUT2D eigenvalue weighted by Crippen LogP contribution is -2.29. The number of aromatic nitrogens is 1. The Balaban J connectivity index is 1.68. The topological polar surface area (TPSA) is 106 Å². The summed E-state index contributed by atoms with van der Waals surface area (Å²) in [6, 6.07) is 8.74. The maximum atomic E-state index is 13.4. The molecule has 2 aromatic carbocycles. The number of Topliss-reactive ketones (excluding diaryl/α,β-unsaturated/α-hetero) is 1. The molecule has 1 amide bonds. The summed E-state index contributed by atoms with van der Waals surface area (Å²) >= 11 is 13.4. The van der Waals surface area contributed by atoms with Crippen molar-refractivity contribution in [3.8, 4) is 5.75 Å². The zero-order valence-corrected chi connectivity index (χ0v) is 22.9. The van der Waals surface area contributed by atoms with Crippen molar-refractivity contribution >= 4 is 63.1 Å². The molecule has 2 aliphatic heterocycles. The van der Waals surface area contributed by atoms with Crippen LogP contribution in [0.25, 0.3) is 5.76 Å². The number of carbonyl (C=O) groups excluding carboxylic acids is 3. The van der Waals surface area contributed by atoms with Crippen molar-refractivity contribution in [1.29, 1.82) is 0 Å². The number of rotatable bonds is 5. The van der Waals surface area contributed by atoms with Crippen LogP contribution in [0.1, 0.15) is 51.9 Å². The van der Waals surface area contributed by atoms with Gasteiger partial charge in [0.15, 0.2) is 5.13 Å². The number of benzene rings is 2. The van der Waals surface area contributed by atoms with Crippen LogP contribution in [0.5, 0.6) is 5.75 Å². The smallest absolute Gasteiger partial charge is 0.350 e. The zero-order chi connectivity index (χ0) is 27.3. The third kappa shape index (κ3) is 4.44. The van der Waals surface area contributed by atoms with E-state index in [-0.39, 0.29) is 44.1 Å². The average Bonchev–Trinajstić information content (AvgIpc) is 3.52. The fourth-order valence-corrected chi connectivity index (χ4v) is 5.92. The van der Waals surface area contributed by atoms with E-state index < -0.39 is 23.7 Å². The number of nitrogens with zero attached hydrogens (tertiary/aromatic N) is 2. The van der Waals surface area contributed by atoms with E-state index in [1.807, 2.05) is 6.92 Å². The lowest BCUT2D eigenvalue weighted by molar-refractivity contribution is -0.132. The number of hydrogen-bond donors (Lipinski definition) is 1. The molecule has 5 rings (SSSR count). The third-order valence-corrected chi connectivity index (χ3v) is 8.20. The van der Waals surface area contributed by atoms with Gasteiger partial charge in [-0.2, -0.15) is 0 Å². The summed E-state index contributed by atoms with van der Waals surface area (Å²) < 4.78 is 10.9. The highest BCUT2D eigenvalue weighted by Gasteiger charge is 2.48. The SMILES string of the molecule is CCOC(=O)c1sc(N2C(=O)C(=O)C(=C(O)c3ccc4c(c3)CC(C)O4)C2c2ccc(Cl)c(Cl)c2)nc1C. The van der Waals surface area contributed by atoms with E-state index in [0.717, 1.165) is 16.9 Å². The maximum absolute atomic E-state index is 13.4. The highest BCUT2D eigenvalue weighted by Crippen LogP contribution is 2.45. The lowest BCUT2D eigenvalue weighted by Gasteiger charge is -2.23. The number of amides is 1. The van der Waals surface area contributed by atoms with Crippen LogP contribution in [0, 0.1) is 6.92 Å². The molecule has 0 saturated carbocycles. The van der Waals surface area contributed by atoms with Crippen LogP contribution in [0.2, 0.25) is 10.0 Å². The number of ether oxygens (including phenoxy) is 2. The Hall–Kier alpha value is -3.40. The van der Waals surface area contributed by atoms with E-state index in [4.69, 9.17) is 32.7 Å². The quantitative estimate of drug-likeness (QED) is 0.176. The van der Waals surface area contributed by atoms with Gasteiger partial charge in [-0.1, -0.05) is 40.6 Å². The van der Waals surface area contributed by atoms with E-state index in [0.29, 0.717) is 29.0 Å². The second-order valence-corrected chi connectivity index (χ2v) is 10.7. The molecule has 2 atom stereocenters. The summed E-state index contributed by atoms with van der Waals surface area (Å²) in [5.41, 5.74) is 1.91. The monoisotopic (exact) mass is 572 g/mol. The molecule has 196 valence electrons. The third-order valence-electron chi connectivity index (χ3n) is 6.33. The van der Waals surface area contributed by atoms with Crippen molar-refractivity contribution in [2.24, 2.45) is 0 Å². The van der Waals surface area contributed by atoms with E-state index >= 15 is 0 Å². The van der Waals surface area contributed by atoms with Gasteiger partial charge < -0.3 is 14.6 Å². The van der Waals surface area contributed by atoms with E-state index in [2.05, 4.69) is 4.98 Å². The molecule has 2 aliphatic rings. The molecule has 11 heteroatoms. The number of aryl methyl sites for hydroxylation is 1. The van der Waals surface area contributed by atoms with Crippen LogP contribution >= 0.6 is 34.5 Å². The standard InChI is InChI=1S/C27H22Cl2N2O6S/c1-4-36-26(35)24-13(3)30-27(38-24)31-21(14-5-7-17(28)18(29)11-14)20(23(33)25(31)34)22(32)15-6-8-19-16(10-15)9-12(2)37-19/h5-8,10-12,21,32H,4,9H2,1-3H3. The van der Waals surface area contributed by atoms with Gasteiger partial charge in [-0.05, 0) is 62.2 Å². The molecule has 0 radical (unpaired) electrons. The number of halogens is 2. The summed E-state index contributed by atoms with van der Waals surface area (Å²) in [6.07, 6.45) is 0.640. The van der Waals surface area contributed by atoms with Crippen molar-refractivity contribution < 1.29 is 29.0 Å². The molecular formula is C27H22Cl2N2O6S. The summed E-state index contributed by atoms with van der Waals surface area (Å²) in [4.78, 5) is 45.1. The van der Waals surface area contributed by atoms with Crippen molar-refractivity contribution in [3.63, 3.8) is 0 Å². The molecule has 3 aromatic rings. The molecule has 1 fully saturated rings. The molecular weight excluding hydrogens is 551 g/mol. The molecule has 0 aliphatic carbocycles. The Kier molecular flexibility index (Phi) is 6.94. The Labute approximate surface area is 232 Å². The first-order valence-corrected chi connectivity index (χ1v) is 13.4. The minimum absolute atomic E-state index is 0.00841. The van der Waals surface area contributed by atoms with Crippen molar-refractivity contribution in [3.05, 3.63) is 79.3 Å². The van der Waals surface area contributed by atoms with Gasteiger partial charge in [-0.15, -0.1) is 0 Å². The normalized spacial score (nSPS) is 20.0. The summed E-state index contributed by atoms with van der Waals surface area (Å²) in [5, 5.41) is 12.0. The number of fused-ring (bicyclic) bond motifs is 1. The van der Waals surface area contributed by atoms with E-state index in [1.54, 1.807) is 44.2 Å². The fraction of sp³-hybridized carbons (Fsp3) is 0.259. The molecule has 8 nitrogen and oxygen atoms in total. The number of ketones is 1. The van der Waals surface area contributed by atoms with E-state index in [1.165, 1.54) is 11.0 Å². The van der Waals surface area contributed by atoms with Crippen molar-refractivity contribution in [2.75, 3.05) is 11.5 Å². The molecule has 3 heterocycles. The first-order valence-electron chi connectivity index (χ1n) is 11.8. The highest BCUT2D eigenvalue weighted by molar-refractivity contribution is 7.17. The molecule has 38 heavy (non-hydrogen) atoms. The Morgan fingerprint density at radius 1 is 1.21 bits per heavy atom. The summed E-state index contributed by atoms with van der Waals surface area (Å²) in [6.45, 7) is 5.41. The highest BCUT2D eigenvalue weighted by atomic mass is 35.5.